The van der Waals surface area contributed by atoms with Crippen molar-refractivity contribution in [1.29, 1.82) is 0 Å². The number of carbonyl (C=O) groups is 2. The lowest BCUT2D eigenvalue weighted by atomic mass is 9.96. The number of nitrogens with zero attached hydrogens (tertiary/aromatic N) is 2. The van der Waals surface area contributed by atoms with Gasteiger partial charge in [-0.15, -0.1) is 5.92 Å². The normalized spacial score (nSPS) is 14.5. The third-order valence-electron chi connectivity index (χ3n) is 4.70. The van der Waals surface area contributed by atoms with Crippen LogP contribution in [0.1, 0.15) is 33.1 Å². The topological polar surface area (TPSA) is 87.3 Å². The minimum absolute atomic E-state index is 0.0586. The highest BCUT2D eigenvalue weighted by atomic mass is 16.5. The van der Waals surface area contributed by atoms with E-state index >= 15 is 0 Å². The van der Waals surface area contributed by atoms with Crippen LogP contribution in [-0.4, -0.2) is 46.6 Å². The summed E-state index contributed by atoms with van der Waals surface area (Å²) in [6.45, 7) is 5.11. The molecule has 1 aliphatic heterocycles. The minimum Gasteiger partial charge on any atom is -0.481 e. The highest BCUT2D eigenvalue weighted by Crippen LogP contribution is 2.27. The van der Waals surface area contributed by atoms with E-state index in [0.717, 1.165) is 17.3 Å². The van der Waals surface area contributed by atoms with E-state index in [0.29, 0.717) is 44.1 Å². The Bertz CT molecular complexity index is 885. The Morgan fingerprint density at radius 3 is 2.81 bits per heavy atom. The number of fused-ring (bicyclic) bond motifs is 1. The predicted molar refractivity (Wildman–Crippen MR) is 103 cm³/mol. The largest absolute Gasteiger partial charge is 0.481 e. The van der Waals surface area contributed by atoms with Crippen LogP contribution < -0.4 is 10.1 Å². The molecule has 1 aliphatic rings. The average Bonchev–Trinajstić information content (AvgIpc) is 3.07. The molecule has 3 rings (SSSR count). The Kier molecular flexibility index (Phi) is 5.97. The lowest BCUT2D eigenvalue weighted by molar-refractivity contribution is -0.132. The highest BCUT2D eigenvalue weighted by Gasteiger charge is 2.26. The van der Waals surface area contributed by atoms with Crippen molar-refractivity contribution >= 4 is 28.5 Å². The van der Waals surface area contributed by atoms with E-state index in [2.05, 4.69) is 27.4 Å². The number of amides is 2. The Morgan fingerprint density at radius 2 is 2.11 bits per heavy atom. The number of aromatic nitrogens is 2. The molecule has 1 aromatic heterocycles. The summed E-state index contributed by atoms with van der Waals surface area (Å²) in [5.41, 5.74) is 0.823. The molecular weight excluding hydrogens is 344 g/mol. The van der Waals surface area contributed by atoms with Gasteiger partial charge in [0.2, 0.25) is 11.8 Å². The Labute approximate surface area is 158 Å². The Balaban J connectivity index is 1.66. The molecule has 0 aliphatic carbocycles. The summed E-state index contributed by atoms with van der Waals surface area (Å²) in [7, 11) is 0. The number of rotatable bonds is 4. The maximum absolute atomic E-state index is 12.6. The number of benzene rings is 1. The molecule has 2 heterocycles. The Morgan fingerprint density at radius 1 is 1.33 bits per heavy atom. The molecule has 0 spiro atoms. The summed E-state index contributed by atoms with van der Waals surface area (Å²) in [6.07, 6.45) is 2.13. The second-order valence-corrected chi connectivity index (χ2v) is 6.54. The number of carbonyl (C=O) groups excluding carboxylic acids is 2. The SMILES string of the molecule is CCC#CCOc1ccc2[nH]nc(NC(=O)C3CCN(C(C)=O)CC3)c2c1. The first kappa shape index (κ1) is 18.8. The zero-order valence-corrected chi connectivity index (χ0v) is 15.7. The fraction of sp³-hybridized carbons (Fsp3) is 0.450. The molecule has 0 bridgehead atoms. The molecule has 0 unspecified atom stereocenters. The zero-order valence-electron chi connectivity index (χ0n) is 15.7. The summed E-state index contributed by atoms with van der Waals surface area (Å²) in [5, 5.41) is 10.9. The summed E-state index contributed by atoms with van der Waals surface area (Å²) < 4.78 is 5.63. The van der Waals surface area contributed by atoms with Crippen LogP contribution in [-0.2, 0) is 9.59 Å². The average molecular weight is 368 g/mol. The van der Waals surface area contributed by atoms with Gasteiger partial charge in [-0.1, -0.05) is 12.8 Å². The number of aromatic amines is 1. The predicted octanol–water partition coefficient (Wildman–Crippen LogP) is 2.55. The van der Waals surface area contributed by atoms with Gasteiger partial charge in [-0.05, 0) is 31.0 Å². The van der Waals surface area contributed by atoms with E-state index in [9.17, 15) is 9.59 Å². The number of likely N-dealkylation sites (tertiary alicyclic amines) is 1. The van der Waals surface area contributed by atoms with Crippen LogP contribution in [0.4, 0.5) is 5.82 Å². The van der Waals surface area contributed by atoms with Gasteiger partial charge in [0.05, 0.1) is 5.52 Å². The molecule has 2 amide bonds. The van der Waals surface area contributed by atoms with E-state index in [1.807, 2.05) is 25.1 Å². The van der Waals surface area contributed by atoms with Crippen molar-refractivity contribution in [2.24, 2.45) is 5.92 Å². The number of hydrogen-bond donors (Lipinski definition) is 2. The quantitative estimate of drug-likeness (QED) is 0.812. The van der Waals surface area contributed by atoms with Crippen LogP contribution in [0, 0.1) is 17.8 Å². The van der Waals surface area contributed by atoms with Gasteiger partial charge in [0, 0.05) is 37.7 Å². The molecule has 7 heteroatoms. The number of nitrogens with one attached hydrogen (secondary N) is 2. The number of piperidine rings is 1. The van der Waals surface area contributed by atoms with E-state index in [1.165, 1.54) is 0 Å². The lowest BCUT2D eigenvalue weighted by Gasteiger charge is -2.30. The third-order valence-corrected chi connectivity index (χ3v) is 4.70. The van der Waals surface area contributed by atoms with Crippen LogP contribution >= 0.6 is 0 Å². The molecule has 142 valence electrons. The highest BCUT2D eigenvalue weighted by molar-refractivity contribution is 6.00. The van der Waals surface area contributed by atoms with Gasteiger partial charge in [-0.25, -0.2) is 0 Å². The van der Waals surface area contributed by atoms with Crippen molar-refractivity contribution in [3.8, 4) is 17.6 Å². The molecule has 7 nitrogen and oxygen atoms in total. The van der Waals surface area contributed by atoms with Crippen LogP contribution in [0.15, 0.2) is 18.2 Å². The van der Waals surface area contributed by atoms with Gasteiger partial charge in [0.15, 0.2) is 5.82 Å². The molecule has 27 heavy (non-hydrogen) atoms. The maximum Gasteiger partial charge on any atom is 0.228 e. The minimum atomic E-state index is -0.115. The second-order valence-electron chi connectivity index (χ2n) is 6.54. The van der Waals surface area contributed by atoms with E-state index in [1.54, 1.807) is 11.8 Å². The van der Waals surface area contributed by atoms with Crippen molar-refractivity contribution in [3.63, 3.8) is 0 Å². The Hall–Kier alpha value is -3.01. The van der Waals surface area contributed by atoms with Crippen LogP contribution in [0.25, 0.3) is 10.9 Å². The first-order valence-corrected chi connectivity index (χ1v) is 9.21. The summed E-state index contributed by atoms with van der Waals surface area (Å²) in [6, 6.07) is 5.56. The molecule has 1 aromatic carbocycles. The fourth-order valence-electron chi connectivity index (χ4n) is 3.15. The molecule has 0 atom stereocenters. The van der Waals surface area contributed by atoms with Crippen molar-refractivity contribution in [3.05, 3.63) is 18.2 Å². The number of H-pyrrole nitrogens is 1. The first-order chi connectivity index (χ1) is 13.1. The van der Waals surface area contributed by atoms with Gasteiger partial charge in [-0.3, -0.25) is 14.7 Å². The second kappa shape index (κ2) is 8.58. The molecule has 2 N–H and O–H groups in total. The van der Waals surface area contributed by atoms with Crippen LogP contribution in [0.5, 0.6) is 5.75 Å². The summed E-state index contributed by atoms with van der Waals surface area (Å²) in [4.78, 5) is 25.8. The smallest absolute Gasteiger partial charge is 0.228 e. The third kappa shape index (κ3) is 4.59. The number of ether oxygens (including phenoxy) is 1. The van der Waals surface area contributed by atoms with Gasteiger partial charge in [-0.2, -0.15) is 5.10 Å². The van der Waals surface area contributed by atoms with Crippen molar-refractivity contribution in [2.75, 3.05) is 25.0 Å². The van der Waals surface area contributed by atoms with E-state index in [-0.39, 0.29) is 17.7 Å². The molecule has 1 fully saturated rings. The standard InChI is InChI=1S/C20H24N4O3/c1-3-4-5-12-27-16-6-7-18-17(13-16)19(23-22-18)21-20(26)15-8-10-24(11-9-15)14(2)25/h6-7,13,15H,3,8-12H2,1-2H3,(H2,21,22,23,26). The molecule has 0 saturated carbocycles. The maximum atomic E-state index is 12.6. The fourth-order valence-corrected chi connectivity index (χ4v) is 3.15. The van der Waals surface area contributed by atoms with Gasteiger partial charge in [0.25, 0.3) is 0 Å². The van der Waals surface area contributed by atoms with Crippen molar-refractivity contribution in [1.82, 2.24) is 15.1 Å². The summed E-state index contributed by atoms with van der Waals surface area (Å²) >= 11 is 0. The van der Waals surface area contributed by atoms with E-state index < -0.39 is 0 Å². The lowest BCUT2D eigenvalue weighted by Crippen LogP contribution is -2.40. The van der Waals surface area contributed by atoms with Gasteiger partial charge < -0.3 is 15.0 Å². The van der Waals surface area contributed by atoms with Crippen molar-refractivity contribution in [2.45, 2.75) is 33.1 Å². The summed E-state index contributed by atoms with van der Waals surface area (Å²) in [5.74, 6) is 6.95. The van der Waals surface area contributed by atoms with Gasteiger partial charge in [0.1, 0.15) is 12.4 Å². The van der Waals surface area contributed by atoms with Crippen LogP contribution in [0.3, 0.4) is 0 Å². The van der Waals surface area contributed by atoms with E-state index in [4.69, 9.17) is 4.74 Å². The van der Waals surface area contributed by atoms with Crippen LogP contribution in [0.2, 0.25) is 0 Å². The molecule has 1 saturated heterocycles. The molecule has 0 radical (unpaired) electrons. The number of hydrogen-bond acceptors (Lipinski definition) is 4. The molecular formula is C20H24N4O3. The van der Waals surface area contributed by atoms with Gasteiger partial charge >= 0.3 is 0 Å². The monoisotopic (exact) mass is 368 g/mol. The number of anilines is 1. The van der Waals surface area contributed by atoms with Crippen molar-refractivity contribution < 1.29 is 14.3 Å². The first-order valence-electron chi connectivity index (χ1n) is 9.21. The molecule has 2 aromatic rings. The zero-order chi connectivity index (χ0) is 19.2.